The van der Waals surface area contributed by atoms with E-state index in [0.29, 0.717) is 48.1 Å². The van der Waals surface area contributed by atoms with Crippen LogP contribution in [0.4, 0.5) is 4.39 Å². The molecule has 3 heterocycles. The zero-order valence-corrected chi connectivity index (χ0v) is 17.7. The van der Waals surface area contributed by atoms with E-state index in [-0.39, 0.29) is 18.3 Å². The molecule has 0 fully saturated rings. The first-order valence-electron chi connectivity index (χ1n) is 9.89. The predicted octanol–water partition coefficient (Wildman–Crippen LogP) is 2.36. The van der Waals surface area contributed by atoms with Crippen LogP contribution in [0.1, 0.15) is 27.4 Å². The van der Waals surface area contributed by atoms with Crippen molar-refractivity contribution >= 4 is 28.7 Å². The lowest BCUT2D eigenvalue weighted by Crippen LogP contribution is -2.37. The van der Waals surface area contributed by atoms with E-state index in [4.69, 9.17) is 16.6 Å². The van der Waals surface area contributed by atoms with Crippen LogP contribution in [0.5, 0.6) is 0 Å². The van der Waals surface area contributed by atoms with Crippen LogP contribution in [0, 0.1) is 25.1 Å². The number of carbonyl (C=O) groups excluding carboxylic acids is 1. The molecule has 9 nitrogen and oxygen atoms in total. The minimum Gasteiger partial charge on any atom is -0.478 e. The average Bonchev–Trinajstić information content (AvgIpc) is 3.31. The number of hydrogen-bond donors (Lipinski definition) is 3. The van der Waals surface area contributed by atoms with E-state index >= 15 is 0 Å². The Morgan fingerprint density at radius 2 is 2.00 bits per heavy atom. The SMILES string of the molecule is C#CCn1c2c(c3cccc(F)c31)C(=O)N(Cc1nc[nH]c1C)CC2.O=C(O)/C=C\C(=O)O. The van der Waals surface area contributed by atoms with Gasteiger partial charge in [-0.2, -0.15) is 0 Å². The van der Waals surface area contributed by atoms with Crippen molar-refractivity contribution in [2.45, 2.75) is 26.4 Å². The van der Waals surface area contributed by atoms with Crippen molar-refractivity contribution in [1.82, 2.24) is 19.4 Å². The number of fused-ring (bicyclic) bond motifs is 3. The van der Waals surface area contributed by atoms with Gasteiger partial charge < -0.3 is 24.7 Å². The summed E-state index contributed by atoms with van der Waals surface area (Å²) in [6, 6.07) is 4.81. The van der Waals surface area contributed by atoms with Crippen molar-refractivity contribution < 1.29 is 29.0 Å². The number of amides is 1. The number of aromatic nitrogens is 3. The van der Waals surface area contributed by atoms with E-state index in [1.54, 1.807) is 27.9 Å². The van der Waals surface area contributed by atoms with E-state index in [9.17, 15) is 18.8 Å². The van der Waals surface area contributed by atoms with Crippen molar-refractivity contribution in [3.05, 3.63) is 65.1 Å². The molecule has 1 aliphatic heterocycles. The van der Waals surface area contributed by atoms with Gasteiger partial charge in [-0.3, -0.25) is 4.79 Å². The molecule has 0 spiro atoms. The summed E-state index contributed by atoms with van der Waals surface area (Å²) >= 11 is 0. The first kappa shape index (κ1) is 23.3. The Morgan fingerprint density at radius 3 is 2.58 bits per heavy atom. The van der Waals surface area contributed by atoms with Gasteiger partial charge >= 0.3 is 11.9 Å². The van der Waals surface area contributed by atoms with Gasteiger partial charge in [-0.05, 0) is 13.0 Å². The molecule has 10 heteroatoms. The average molecular weight is 452 g/mol. The van der Waals surface area contributed by atoms with E-state index in [1.165, 1.54) is 6.07 Å². The number of aliphatic carboxylic acids is 2. The number of terminal acetylenes is 1. The second kappa shape index (κ2) is 9.82. The largest absolute Gasteiger partial charge is 0.478 e. The van der Waals surface area contributed by atoms with Gasteiger partial charge in [0.2, 0.25) is 0 Å². The number of halogens is 1. The highest BCUT2D eigenvalue weighted by Crippen LogP contribution is 2.32. The number of carboxylic acids is 2. The van der Waals surface area contributed by atoms with Gasteiger partial charge in [0.15, 0.2) is 0 Å². The lowest BCUT2D eigenvalue weighted by atomic mass is 10.0. The number of H-pyrrole nitrogens is 1. The first-order chi connectivity index (χ1) is 15.7. The third kappa shape index (κ3) is 4.93. The summed E-state index contributed by atoms with van der Waals surface area (Å²) in [5, 5.41) is 16.2. The summed E-state index contributed by atoms with van der Waals surface area (Å²) in [4.78, 5) is 41.3. The van der Waals surface area contributed by atoms with Crippen LogP contribution in [0.15, 0.2) is 36.7 Å². The zero-order valence-electron chi connectivity index (χ0n) is 17.7. The number of imidazole rings is 1. The lowest BCUT2D eigenvalue weighted by Gasteiger charge is -2.27. The Labute approximate surface area is 188 Å². The normalized spacial score (nSPS) is 12.9. The van der Waals surface area contributed by atoms with Crippen LogP contribution in [-0.4, -0.2) is 54.0 Å². The number of para-hydroxylation sites is 1. The number of aryl methyl sites for hydroxylation is 1. The summed E-state index contributed by atoms with van der Waals surface area (Å²) < 4.78 is 16.2. The standard InChI is InChI=1S/C19H17FN4O.C4H4O4/c1-3-8-24-16-7-9-23(10-15-12(2)21-11-22-15)19(25)17(16)13-5-4-6-14(20)18(13)24;5-3(6)1-2-4(7)8/h1,4-6,11H,7-10H2,2H3,(H,21,22);1-2H,(H,5,6)(H,7,8)/b;2-1-. The Hall–Kier alpha value is -4.39. The number of hydrogen-bond acceptors (Lipinski definition) is 4. The molecule has 1 aliphatic rings. The maximum Gasteiger partial charge on any atom is 0.328 e. The summed E-state index contributed by atoms with van der Waals surface area (Å²) in [7, 11) is 0. The van der Waals surface area contributed by atoms with Crippen molar-refractivity contribution in [1.29, 1.82) is 0 Å². The third-order valence-electron chi connectivity index (χ3n) is 5.15. The fraction of sp³-hybridized carbons (Fsp3) is 0.217. The number of nitrogens with zero attached hydrogens (tertiary/aromatic N) is 3. The van der Waals surface area contributed by atoms with Crippen LogP contribution in [0.2, 0.25) is 0 Å². The molecule has 0 bridgehead atoms. The molecule has 0 saturated carbocycles. The van der Waals surface area contributed by atoms with E-state index in [1.807, 2.05) is 6.92 Å². The molecule has 0 atom stereocenters. The van der Waals surface area contributed by atoms with Gasteiger partial charge in [0, 0.05) is 41.9 Å². The Morgan fingerprint density at radius 1 is 1.30 bits per heavy atom. The molecule has 2 aromatic heterocycles. The summed E-state index contributed by atoms with van der Waals surface area (Å²) in [5.74, 6) is -0.406. The highest BCUT2D eigenvalue weighted by atomic mass is 19.1. The van der Waals surface area contributed by atoms with Gasteiger partial charge in [0.05, 0.1) is 36.2 Å². The second-order valence-electron chi connectivity index (χ2n) is 7.21. The first-order valence-corrected chi connectivity index (χ1v) is 9.89. The van der Waals surface area contributed by atoms with E-state index in [2.05, 4.69) is 15.9 Å². The molecular weight excluding hydrogens is 431 g/mol. The molecule has 1 aromatic carbocycles. The van der Waals surface area contributed by atoms with Crippen LogP contribution in [-0.2, 0) is 29.1 Å². The zero-order chi connectivity index (χ0) is 24.1. The van der Waals surface area contributed by atoms with E-state index < -0.39 is 11.9 Å². The monoisotopic (exact) mass is 452 g/mol. The van der Waals surface area contributed by atoms with Crippen molar-refractivity contribution in [3.63, 3.8) is 0 Å². The molecule has 0 unspecified atom stereocenters. The third-order valence-corrected chi connectivity index (χ3v) is 5.15. The molecular formula is C23H21FN4O5. The van der Waals surface area contributed by atoms with Gasteiger partial charge in [-0.1, -0.05) is 18.1 Å². The fourth-order valence-corrected chi connectivity index (χ4v) is 3.70. The Bertz CT molecular complexity index is 1280. The van der Waals surface area contributed by atoms with E-state index in [0.717, 1.165) is 17.1 Å². The van der Waals surface area contributed by atoms with Gasteiger partial charge in [0.25, 0.3) is 5.91 Å². The smallest absolute Gasteiger partial charge is 0.328 e. The van der Waals surface area contributed by atoms with Crippen LogP contribution in [0.3, 0.4) is 0 Å². The van der Waals surface area contributed by atoms with Gasteiger partial charge in [0.1, 0.15) is 5.82 Å². The number of benzene rings is 1. The topological polar surface area (TPSA) is 129 Å². The summed E-state index contributed by atoms with van der Waals surface area (Å²) in [6.07, 6.45) is 8.84. The molecule has 3 N–H and O–H groups in total. The maximum atomic E-state index is 14.4. The molecule has 3 aromatic rings. The molecule has 1 amide bonds. The summed E-state index contributed by atoms with van der Waals surface area (Å²) in [5.41, 5.74) is 3.58. The van der Waals surface area contributed by atoms with Gasteiger partial charge in [-0.25, -0.2) is 19.0 Å². The highest BCUT2D eigenvalue weighted by Gasteiger charge is 2.31. The minimum absolute atomic E-state index is 0.102. The number of aromatic amines is 1. The number of carbonyl (C=O) groups is 3. The molecule has 0 radical (unpaired) electrons. The fourth-order valence-electron chi connectivity index (χ4n) is 3.70. The van der Waals surface area contributed by atoms with Crippen LogP contribution < -0.4 is 0 Å². The second-order valence-corrected chi connectivity index (χ2v) is 7.21. The predicted molar refractivity (Wildman–Crippen MR) is 117 cm³/mol. The molecule has 33 heavy (non-hydrogen) atoms. The van der Waals surface area contributed by atoms with Crippen LogP contribution >= 0.6 is 0 Å². The Kier molecular flexibility index (Phi) is 6.93. The van der Waals surface area contributed by atoms with Crippen molar-refractivity contribution in [3.8, 4) is 12.3 Å². The number of nitrogens with one attached hydrogen (secondary N) is 1. The summed E-state index contributed by atoms with van der Waals surface area (Å²) in [6.45, 7) is 3.17. The number of carboxylic acid groups (broad SMARTS) is 2. The lowest BCUT2D eigenvalue weighted by molar-refractivity contribution is -0.134. The molecule has 0 aliphatic carbocycles. The quantitative estimate of drug-likeness (QED) is 0.403. The van der Waals surface area contributed by atoms with Crippen molar-refractivity contribution in [2.75, 3.05) is 6.54 Å². The molecule has 170 valence electrons. The van der Waals surface area contributed by atoms with Crippen LogP contribution in [0.25, 0.3) is 10.9 Å². The maximum absolute atomic E-state index is 14.4. The number of rotatable bonds is 5. The van der Waals surface area contributed by atoms with Gasteiger partial charge in [-0.15, -0.1) is 6.42 Å². The highest BCUT2D eigenvalue weighted by molar-refractivity contribution is 6.09. The minimum atomic E-state index is -1.26. The van der Waals surface area contributed by atoms with Crippen molar-refractivity contribution in [2.24, 2.45) is 0 Å². The molecule has 0 saturated heterocycles. The Balaban J connectivity index is 0.000000331. The molecule has 4 rings (SSSR count).